The number of carbonyl (C=O) groups is 1. The van der Waals surface area contributed by atoms with Crippen molar-refractivity contribution < 1.29 is 9.53 Å². The van der Waals surface area contributed by atoms with Crippen molar-refractivity contribution in [1.29, 1.82) is 0 Å². The first-order chi connectivity index (χ1) is 9.90. The minimum Gasteiger partial charge on any atom is -0.444 e. The van der Waals surface area contributed by atoms with Gasteiger partial charge in [0.1, 0.15) is 5.60 Å². The fourth-order valence-corrected chi connectivity index (χ4v) is 3.48. The van der Waals surface area contributed by atoms with E-state index in [9.17, 15) is 4.79 Å². The third kappa shape index (κ3) is 4.49. The molecular formula is C18H31NO2. The maximum absolute atomic E-state index is 12.4. The fraction of sp³-hybridized carbons (Fsp3) is 0.833. The lowest BCUT2D eigenvalue weighted by Crippen LogP contribution is -2.45. The van der Waals surface area contributed by atoms with Crippen molar-refractivity contribution in [3.63, 3.8) is 0 Å². The molecule has 2 aliphatic rings. The van der Waals surface area contributed by atoms with E-state index in [0.717, 1.165) is 19.3 Å². The lowest BCUT2D eigenvalue weighted by molar-refractivity contribution is 0.0166. The zero-order valence-electron chi connectivity index (χ0n) is 14.2. The van der Waals surface area contributed by atoms with E-state index in [1.165, 1.54) is 32.1 Å². The Labute approximate surface area is 129 Å². The molecule has 0 aromatic rings. The number of hydrogen-bond acceptors (Lipinski definition) is 2. The first kappa shape index (κ1) is 16.4. The predicted molar refractivity (Wildman–Crippen MR) is 86.3 cm³/mol. The Hall–Kier alpha value is -0.990. The second-order valence-electron chi connectivity index (χ2n) is 7.53. The number of ether oxygens (including phenoxy) is 1. The number of hydrogen-bond donors (Lipinski definition) is 0. The van der Waals surface area contributed by atoms with Crippen LogP contribution >= 0.6 is 0 Å². The van der Waals surface area contributed by atoms with E-state index in [1.54, 1.807) is 5.57 Å². The van der Waals surface area contributed by atoms with Gasteiger partial charge in [0, 0.05) is 6.04 Å². The Kier molecular flexibility index (Phi) is 5.34. The monoisotopic (exact) mass is 293 g/mol. The zero-order chi connectivity index (χ0) is 15.5. The van der Waals surface area contributed by atoms with Gasteiger partial charge in [-0.1, -0.05) is 37.8 Å². The van der Waals surface area contributed by atoms with Gasteiger partial charge < -0.3 is 4.74 Å². The van der Waals surface area contributed by atoms with E-state index in [2.05, 4.69) is 13.0 Å². The summed E-state index contributed by atoms with van der Waals surface area (Å²) >= 11 is 0. The van der Waals surface area contributed by atoms with Gasteiger partial charge in [0.15, 0.2) is 0 Å². The number of rotatable bonds is 5. The molecule has 2 aliphatic heterocycles. The van der Waals surface area contributed by atoms with E-state index in [-0.39, 0.29) is 12.1 Å². The van der Waals surface area contributed by atoms with Gasteiger partial charge in [-0.2, -0.15) is 0 Å². The minimum atomic E-state index is -0.402. The average molecular weight is 293 g/mol. The van der Waals surface area contributed by atoms with Crippen LogP contribution in [0, 0.1) is 0 Å². The molecular weight excluding hydrogens is 262 g/mol. The van der Waals surface area contributed by atoms with E-state index >= 15 is 0 Å². The van der Waals surface area contributed by atoms with Crippen LogP contribution in [0.2, 0.25) is 0 Å². The summed E-state index contributed by atoms with van der Waals surface area (Å²) < 4.78 is 5.56. The molecule has 0 N–H and O–H groups in total. The Morgan fingerprint density at radius 1 is 1.29 bits per heavy atom. The van der Waals surface area contributed by atoms with E-state index in [1.807, 2.05) is 25.7 Å². The van der Waals surface area contributed by atoms with Gasteiger partial charge in [-0.15, -0.1) is 0 Å². The quantitative estimate of drug-likeness (QED) is 0.524. The van der Waals surface area contributed by atoms with Crippen molar-refractivity contribution in [1.82, 2.24) is 4.90 Å². The molecule has 1 fully saturated rings. The van der Waals surface area contributed by atoms with Crippen LogP contribution in [0.15, 0.2) is 11.6 Å². The number of amides is 1. The Balaban J connectivity index is 1.91. The van der Waals surface area contributed by atoms with Gasteiger partial charge in [-0.05, 0) is 52.9 Å². The Morgan fingerprint density at radius 3 is 2.67 bits per heavy atom. The zero-order valence-corrected chi connectivity index (χ0v) is 14.2. The summed E-state index contributed by atoms with van der Waals surface area (Å²) in [6, 6.07) is 0.649. The second-order valence-corrected chi connectivity index (χ2v) is 7.53. The highest BCUT2D eigenvalue weighted by Crippen LogP contribution is 2.37. The van der Waals surface area contributed by atoms with Crippen molar-refractivity contribution in [3.05, 3.63) is 11.6 Å². The van der Waals surface area contributed by atoms with Crippen LogP contribution in [0.4, 0.5) is 4.79 Å². The van der Waals surface area contributed by atoms with Crippen molar-refractivity contribution in [2.75, 3.05) is 0 Å². The highest BCUT2D eigenvalue weighted by Gasteiger charge is 2.41. The van der Waals surface area contributed by atoms with Crippen molar-refractivity contribution in [3.8, 4) is 0 Å². The van der Waals surface area contributed by atoms with E-state index in [0.29, 0.717) is 6.04 Å². The number of nitrogens with zero attached hydrogens (tertiary/aromatic N) is 1. The average Bonchev–Trinajstić information content (AvgIpc) is 2.65. The van der Waals surface area contributed by atoms with Gasteiger partial charge in [-0.25, -0.2) is 4.79 Å². The molecule has 1 amide bonds. The lowest BCUT2D eigenvalue weighted by atomic mass is 9.96. The molecule has 0 spiro atoms. The van der Waals surface area contributed by atoms with Crippen molar-refractivity contribution in [2.45, 2.75) is 96.7 Å². The molecule has 3 heteroatoms. The third-order valence-electron chi connectivity index (χ3n) is 4.43. The first-order valence-corrected chi connectivity index (χ1v) is 8.61. The topological polar surface area (TPSA) is 29.5 Å². The van der Waals surface area contributed by atoms with Gasteiger partial charge in [0.25, 0.3) is 0 Å². The summed E-state index contributed by atoms with van der Waals surface area (Å²) in [5.41, 5.74) is 1.17. The van der Waals surface area contributed by atoms with Crippen LogP contribution in [0.5, 0.6) is 0 Å². The van der Waals surface area contributed by atoms with Crippen LogP contribution in [0.1, 0.15) is 79.1 Å². The smallest absolute Gasteiger partial charge is 0.411 e. The molecule has 2 atom stereocenters. The highest BCUT2D eigenvalue weighted by molar-refractivity contribution is 5.70. The molecule has 120 valence electrons. The predicted octanol–water partition coefficient (Wildman–Crippen LogP) is 5.06. The van der Waals surface area contributed by atoms with E-state index < -0.39 is 5.60 Å². The molecule has 21 heavy (non-hydrogen) atoms. The van der Waals surface area contributed by atoms with Crippen LogP contribution in [-0.4, -0.2) is 28.7 Å². The first-order valence-electron chi connectivity index (χ1n) is 8.61. The number of carbonyl (C=O) groups excluding carboxylic acids is 1. The molecule has 0 aromatic carbocycles. The molecule has 0 aromatic heterocycles. The minimum absolute atomic E-state index is 0.128. The third-order valence-corrected chi connectivity index (χ3v) is 4.43. The molecule has 0 radical (unpaired) electrons. The summed E-state index contributed by atoms with van der Waals surface area (Å²) in [6.45, 7) is 8.06. The number of unbranched alkanes of at least 4 members (excludes halogenated alkanes) is 3. The van der Waals surface area contributed by atoms with Crippen LogP contribution in [-0.2, 0) is 4.74 Å². The summed E-state index contributed by atoms with van der Waals surface area (Å²) in [5, 5.41) is 0. The number of fused-ring (bicyclic) bond motifs is 2. The molecule has 3 nitrogen and oxygen atoms in total. The van der Waals surface area contributed by atoms with Crippen LogP contribution in [0.25, 0.3) is 0 Å². The van der Waals surface area contributed by atoms with Crippen LogP contribution < -0.4 is 0 Å². The standard InChI is InChI=1S/C18H31NO2/c1-5-6-7-8-9-14-12-15-10-11-16(13-14)19(15)17(20)21-18(2,3)4/h12,15-16H,5-11,13H2,1-4H3. The molecule has 2 unspecified atom stereocenters. The second kappa shape index (κ2) is 6.85. The van der Waals surface area contributed by atoms with Gasteiger partial charge in [-0.3, -0.25) is 4.90 Å². The maximum Gasteiger partial charge on any atom is 0.411 e. The van der Waals surface area contributed by atoms with Crippen molar-refractivity contribution >= 4 is 6.09 Å². The normalized spacial score (nSPS) is 25.0. The molecule has 2 heterocycles. The van der Waals surface area contributed by atoms with Crippen LogP contribution in [0.3, 0.4) is 0 Å². The molecule has 2 rings (SSSR count). The summed E-state index contributed by atoms with van der Waals surface area (Å²) in [5.74, 6) is 0. The molecule has 0 aliphatic carbocycles. The molecule has 1 saturated heterocycles. The molecule has 0 saturated carbocycles. The fourth-order valence-electron chi connectivity index (χ4n) is 3.48. The van der Waals surface area contributed by atoms with E-state index in [4.69, 9.17) is 4.74 Å². The Morgan fingerprint density at radius 2 is 2.05 bits per heavy atom. The van der Waals surface area contributed by atoms with Gasteiger partial charge in [0.2, 0.25) is 0 Å². The highest BCUT2D eigenvalue weighted by atomic mass is 16.6. The SMILES string of the molecule is CCCCCCC1=CC2CCC(C1)N2C(=O)OC(C)(C)C. The summed E-state index contributed by atoms with van der Waals surface area (Å²) in [6.07, 6.45) is 12.0. The molecule has 2 bridgehead atoms. The largest absolute Gasteiger partial charge is 0.444 e. The van der Waals surface area contributed by atoms with Crippen molar-refractivity contribution in [2.24, 2.45) is 0 Å². The Bertz CT molecular complexity index is 395. The summed E-state index contributed by atoms with van der Waals surface area (Å²) in [7, 11) is 0. The maximum atomic E-state index is 12.4. The van der Waals surface area contributed by atoms with Gasteiger partial charge in [0.05, 0.1) is 6.04 Å². The lowest BCUT2D eigenvalue weighted by Gasteiger charge is -2.35. The van der Waals surface area contributed by atoms with Gasteiger partial charge >= 0.3 is 6.09 Å². The summed E-state index contributed by atoms with van der Waals surface area (Å²) in [4.78, 5) is 14.3.